The number of carbonyl (C=O) groups excluding carboxylic acids is 1. The van der Waals surface area contributed by atoms with Crippen LogP contribution in [0.3, 0.4) is 0 Å². The zero-order valence-corrected chi connectivity index (χ0v) is 10.1. The maximum absolute atomic E-state index is 12.7. The van der Waals surface area contributed by atoms with Crippen LogP contribution < -0.4 is 0 Å². The van der Waals surface area contributed by atoms with Gasteiger partial charge in [0.05, 0.1) is 16.8 Å². The molecule has 1 rings (SSSR count). The van der Waals surface area contributed by atoms with Crippen molar-refractivity contribution in [2.24, 2.45) is 0 Å². The summed E-state index contributed by atoms with van der Waals surface area (Å²) in [4.78, 5) is 14.0. The predicted molar refractivity (Wildman–Crippen MR) is 59.3 cm³/mol. The number of hydrogen-bond donors (Lipinski definition) is 1. The molecule has 0 radical (unpaired) electrons. The second-order valence-electron chi connectivity index (χ2n) is 2.83. The SMILES string of the molecule is CCOC(=O)C(=C(Br)c1ccc[nH]1)C(F)F. The molecule has 0 aliphatic carbocycles. The molecule has 0 atom stereocenters. The molecule has 3 nitrogen and oxygen atoms in total. The number of esters is 1. The Hall–Kier alpha value is -1.17. The molecule has 6 heteroatoms. The average molecular weight is 294 g/mol. The lowest BCUT2D eigenvalue weighted by molar-refractivity contribution is -0.139. The summed E-state index contributed by atoms with van der Waals surface area (Å²) in [6.45, 7) is 1.61. The van der Waals surface area contributed by atoms with Gasteiger partial charge in [-0.05, 0) is 35.0 Å². The minimum atomic E-state index is -2.89. The highest BCUT2D eigenvalue weighted by Gasteiger charge is 2.25. The van der Waals surface area contributed by atoms with Gasteiger partial charge in [-0.2, -0.15) is 0 Å². The van der Waals surface area contributed by atoms with E-state index in [1.54, 1.807) is 25.3 Å². The summed E-state index contributed by atoms with van der Waals surface area (Å²) in [5.74, 6) is -1.01. The summed E-state index contributed by atoms with van der Waals surface area (Å²) in [5.41, 5.74) is -0.271. The first kappa shape index (κ1) is 12.9. The first-order valence-electron chi connectivity index (χ1n) is 4.56. The third-order valence-corrected chi connectivity index (χ3v) is 2.64. The van der Waals surface area contributed by atoms with Crippen LogP contribution in [0.15, 0.2) is 23.9 Å². The largest absolute Gasteiger partial charge is 0.462 e. The minimum Gasteiger partial charge on any atom is -0.462 e. The number of aromatic amines is 1. The molecule has 1 aromatic rings. The Bertz CT molecular complexity index is 388. The fraction of sp³-hybridized carbons (Fsp3) is 0.300. The summed E-state index contributed by atoms with van der Waals surface area (Å²) in [6.07, 6.45) is -1.32. The number of aromatic nitrogens is 1. The van der Waals surface area contributed by atoms with E-state index in [1.165, 1.54) is 0 Å². The van der Waals surface area contributed by atoms with E-state index in [2.05, 4.69) is 25.7 Å². The van der Waals surface area contributed by atoms with E-state index in [9.17, 15) is 13.6 Å². The van der Waals surface area contributed by atoms with Crippen molar-refractivity contribution in [2.75, 3.05) is 6.61 Å². The Kier molecular flexibility index (Phi) is 4.67. The van der Waals surface area contributed by atoms with Gasteiger partial charge in [0.1, 0.15) is 5.57 Å². The summed E-state index contributed by atoms with van der Waals surface area (Å²) in [5, 5.41) is 0. The van der Waals surface area contributed by atoms with Crippen molar-refractivity contribution in [1.82, 2.24) is 4.98 Å². The molecule has 1 heterocycles. The highest BCUT2D eigenvalue weighted by atomic mass is 79.9. The summed E-state index contributed by atoms with van der Waals surface area (Å²) in [7, 11) is 0. The number of nitrogens with one attached hydrogen (secondary N) is 1. The first-order valence-corrected chi connectivity index (χ1v) is 5.36. The zero-order valence-electron chi connectivity index (χ0n) is 8.47. The van der Waals surface area contributed by atoms with E-state index < -0.39 is 18.0 Å². The predicted octanol–water partition coefficient (Wildman–Crippen LogP) is 2.95. The number of carbonyl (C=O) groups is 1. The number of alkyl halides is 2. The smallest absolute Gasteiger partial charge is 0.341 e. The van der Waals surface area contributed by atoms with Crippen LogP contribution in [0.25, 0.3) is 4.48 Å². The van der Waals surface area contributed by atoms with Crippen LogP contribution >= 0.6 is 15.9 Å². The quantitative estimate of drug-likeness (QED) is 0.685. The average Bonchev–Trinajstić information content (AvgIpc) is 2.70. The topological polar surface area (TPSA) is 42.1 Å². The Morgan fingerprint density at radius 2 is 2.31 bits per heavy atom. The van der Waals surface area contributed by atoms with Gasteiger partial charge in [-0.1, -0.05) is 0 Å². The van der Waals surface area contributed by atoms with Crippen LogP contribution in [0.2, 0.25) is 0 Å². The highest BCUT2D eigenvalue weighted by molar-refractivity contribution is 9.15. The van der Waals surface area contributed by atoms with Crippen LogP contribution in [0, 0.1) is 0 Å². The van der Waals surface area contributed by atoms with E-state index in [0.29, 0.717) is 5.69 Å². The minimum absolute atomic E-state index is 0.0194. The van der Waals surface area contributed by atoms with Gasteiger partial charge in [0, 0.05) is 6.20 Å². The van der Waals surface area contributed by atoms with Crippen molar-refractivity contribution in [3.63, 3.8) is 0 Å². The van der Waals surface area contributed by atoms with Gasteiger partial charge in [-0.25, -0.2) is 13.6 Å². The maximum atomic E-state index is 12.7. The van der Waals surface area contributed by atoms with Gasteiger partial charge in [0.2, 0.25) is 0 Å². The van der Waals surface area contributed by atoms with Crippen molar-refractivity contribution < 1.29 is 18.3 Å². The van der Waals surface area contributed by atoms with Crippen LogP contribution in [0.4, 0.5) is 8.78 Å². The van der Waals surface area contributed by atoms with E-state index in [4.69, 9.17) is 0 Å². The molecule has 1 aromatic heterocycles. The lowest BCUT2D eigenvalue weighted by Crippen LogP contribution is -2.15. The summed E-state index contributed by atoms with van der Waals surface area (Å²) in [6, 6.07) is 3.22. The lowest BCUT2D eigenvalue weighted by atomic mass is 10.2. The van der Waals surface area contributed by atoms with E-state index in [0.717, 1.165) is 0 Å². The van der Waals surface area contributed by atoms with Crippen molar-refractivity contribution in [3.8, 4) is 0 Å². The molecule has 0 aliphatic heterocycles. The molecule has 0 saturated heterocycles. The van der Waals surface area contributed by atoms with E-state index in [-0.39, 0.29) is 11.1 Å². The molecular weight excluding hydrogens is 284 g/mol. The Morgan fingerprint density at radius 1 is 1.62 bits per heavy atom. The van der Waals surface area contributed by atoms with Gasteiger partial charge < -0.3 is 9.72 Å². The van der Waals surface area contributed by atoms with Crippen molar-refractivity contribution in [2.45, 2.75) is 13.3 Å². The molecule has 0 fully saturated rings. The Balaban J connectivity index is 3.09. The number of hydrogen-bond acceptors (Lipinski definition) is 2. The van der Waals surface area contributed by atoms with Crippen molar-refractivity contribution in [1.29, 1.82) is 0 Å². The van der Waals surface area contributed by atoms with Crippen molar-refractivity contribution >= 4 is 26.4 Å². The molecule has 0 aromatic carbocycles. The fourth-order valence-corrected chi connectivity index (χ4v) is 1.68. The molecule has 0 amide bonds. The number of H-pyrrole nitrogens is 1. The van der Waals surface area contributed by atoms with Gasteiger partial charge in [-0.15, -0.1) is 0 Å². The van der Waals surface area contributed by atoms with Gasteiger partial charge in [0.15, 0.2) is 0 Å². The van der Waals surface area contributed by atoms with Crippen LogP contribution in [-0.2, 0) is 9.53 Å². The maximum Gasteiger partial charge on any atom is 0.341 e. The monoisotopic (exact) mass is 293 g/mol. The Morgan fingerprint density at radius 3 is 2.75 bits per heavy atom. The third kappa shape index (κ3) is 2.91. The van der Waals surface area contributed by atoms with E-state index >= 15 is 0 Å². The molecule has 0 bridgehead atoms. The molecular formula is C10H10BrF2NO2. The zero-order chi connectivity index (χ0) is 12.1. The first-order chi connectivity index (χ1) is 7.57. The van der Waals surface area contributed by atoms with Crippen LogP contribution in [0.5, 0.6) is 0 Å². The molecule has 16 heavy (non-hydrogen) atoms. The van der Waals surface area contributed by atoms with Gasteiger partial charge >= 0.3 is 5.97 Å². The van der Waals surface area contributed by atoms with E-state index in [1.807, 2.05) is 0 Å². The molecule has 0 saturated carbocycles. The fourth-order valence-electron chi connectivity index (χ4n) is 1.10. The molecule has 1 N–H and O–H groups in total. The standard InChI is InChI=1S/C10H10BrF2NO2/c1-2-16-10(15)7(9(12)13)8(11)6-4-3-5-14-6/h3-5,9,14H,2H2,1H3. The number of halogens is 3. The summed E-state index contributed by atoms with van der Waals surface area (Å²) < 4.78 is 30.0. The number of ether oxygens (including phenoxy) is 1. The van der Waals surface area contributed by atoms with Crippen molar-refractivity contribution in [3.05, 3.63) is 29.6 Å². The second-order valence-corrected chi connectivity index (χ2v) is 3.63. The summed E-state index contributed by atoms with van der Waals surface area (Å²) >= 11 is 2.97. The molecule has 0 spiro atoms. The lowest BCUT2D eigenvalue weighted by Gasteiger charge is -2.08. The molecule has 88 valence electrons. The van der Waals surface area contributed by atoms with Crippen LogP contribution in [-0.4, -0.2) is 24.0 Å². The normalized spacial score (nSPS) is 12.6. The molecule has 0 aliphatic rings. The second kappa shape index (κ2) is 5.79. The van der Waals surface area contributed by atoms with Gasteiger partial charge in [-0.3, -0.25) is 0 Å². The molecule has 0 unspecified atom stereocenters. The Labute approximate surface area is 99.6 Å². The highest BCUT2D eigenvalue weighted by Crippen LogP contribution is 2.28. The van der Waals surface area contributed by atoms with Gasteiger partial charge in [0.25, 0.3) is 6.43 Å². The third-order valence-electron chi connectivity index (χ3n) is 1.78. The van der Waals surface area contributed by atoms with Crippen LogP contribution in [0.1, 0.15) is 12.6 Å². The number of rotatable bonds is 4.